The number of benzene rings is 2. The summed E-state index contributed by atoms with van der Waals surface area (Å²) in [5, 5.41) is 15.5. The fourth-order valence-electron chi connectivity index (χ4n) is 4.23. The molecule has 196 valence electrons. The molecule has 0 amide bonds. The van der Waals surface area contributed by atoms with Gasteiger partial charge in [-0.15, -0.1) is 5.10 Å². The van der Waals surface area contributed by atoms with Crippen LogP contribution < -0.4 is 14.8 Å². The first kappa shape index (κ1) is 26.9. The van der Waals surface area contributed by atoms with Crippen molar-refractivity contribution >= 4 is 22.4 Å². The lowest BCUT2D eigenvalue weighted by atomic mass is 9.78. The molecule has 0 aliphatic rings. The Labute approximate surface area is 222 Å². The van der Waals surface area contributed by atoms with Crippen molar-refractivity contribution in [3.63, 3.8) is 0 Å². The Morgan fingerprint density at radius 3 is 2.16 bits per heavy atom. The van der Waals surface area contributed by atoms with Gasteiger partial charge < -0.3 is 9.84 Å². The zero-order valence-electron chi connectivity index (χ0n) is 22.9. The maximum Gasteiger partial charge on any atom is 0.291 e. The van der Waals surface area contributed by atoms with E-state index in [0.717, 1.165) is 47.3 Å². The number of thiazole rings is 1. The number of ether oxygens (including phenoxy) is 1. The van der Waals surface area contributed by atoms with E-state index in [2.05, 4.69) is 58.5 Å². The average Bonchev–Trinajstić information content (AvgIpc) is 3.36. The number of aromatic nitrogens is 3. The van der Waals surface area contributed by atoms with Gasteiger partial charge >= 0.3 is 0 Å². The molecule has 0 fully saturated rings. The van der Waals surface area contributed by atoms with Crippen LogP contribution in [-0.4, -0.2) is 26.3 Å². The SMILES string of the molecule is CCCCCOc1ccc(-c2nc3sc(=Cc4cc(C(C)(C)C)c(O)c(C(C)(C)C)c4)c(=O)n3n2)cc1. The lowest BCUT2D eigenvalue weighted by Gasteiger charge is -2.27. The molecular formula is C30H37N3O3S. The molecule has 0 atom stereocenters. The molecule has 0 bridgehead atoms. The standard InChI is InChI=1S/C30H37N3O3S/c1-8-9-10-15-36-21-13-11-20(12-14-21)26-31-28-33(32-26)27(35)24(37-28)18-19-16-22(29(2,3)4)25(34)23(17-19)30(5,6)7/h11-14,16-18,34H,8-10,15H2,1-7H3. The number of hydrogen-bond acceptors (Lipinski definition) is 6. The highest BCUT2D eigenvalue weighted by molar-refractivity contribution is 7.15. The van der Waals surface area contributed by atoms with Crippen molar-refractivity contribution in [3.05, 3.63) is 68.0 Å². The third kappa shape index (κ3) is 5.87. The van der Waals surface area contributed by atoms with Gasteiger partial charge in [-0.05, 0) is 65.3 Å². The van der Waals surface area contributed by atoms with Gasteiger partial charge in [0.15, 0.2) is 5.82 Å². The van der Waals surface area contributed by atoms with E-state index >= 15 is 0 Å². The summed E-state index contributed by atoms with van der Waals surface area (Å²) in [6.07, 6.45) is 5.24. The van der Waals surface area contributed by atoms with Crippen molar-refractivity contribution in [1.82, 2.24) is 14.6 Å². The van der Waals surface area contributed by atoms with Gasteiger partial charge in [0.1, 0.15) is 11.5 Å². The average molecular weight is 520 g/mol. The summed E-state index contributed by atoms with van der Waals surface area (Å²) in [4.78, 5) is 18.4. The minimum absolute atomic E-state index is 0.197. The summed E-state index contributed by atoms with van der Waals surface area (Å²) in [5.74, 6) is 1.66. The first-order chi connectivity index (χ1) is 17.4. The number of rotatable bonds is 7. The second kappa shape index (κ2) is 10.3. The molecule has 0 saturated heterocycles. The van der Waals surface area contributed by atoms with Crippen LogP contribution in [0.15, 0.2) is 41.2 Å². The zero-order valence-corrected chi connectivity index (χ0v) is 23.7. The van der Waals surface area contributed by atoms with Gasteiger partial charge in [-0.25, -0.2) is 0 Å². The Morgan fingerprint density at radius 2 is 1.62 bits per heavy atom. The molecule has 0 unspecified atom stereocenters. The minimum atomic E-state index is -0.245. The van der Waals surface area contributed by atoms with Crippen molar-refractivity contribution in [2.24, 2.45) is 0 Å². The number of hydrogen-bond donors (Lipinski definition) is 1. The van der Waals surface area contributed by atoms with Gasteiger partial charge in [0.25, 0.3) is 5.56 Å². The van der Waals surface area contributed by atoms with Gasteiger partial charge in [-0.2, -0.15) is 9.50 Å². The summed E-state index contributed by atoms with van der Waals surface area (Å²) in [5.41, 5.74) is 2.75. The Hall–Kier alpha value is -3.19. The lowest BCUT2D eigenvalue weighted by molar-refractivity contribution is 0.306. The summed E-state index contributed by atoms with van der Waals surface area (Å²) in [6.45, 7) is 15.3. The van der Waals surface area contributed by atoms with E-state index < -0.39 is 0 Å². The number of nitrogens with zero attached hydrogens (tertiary/aromatic N) is 3. The lowest BCUT2D eigenvalue weighted by Crippen LogP contribution is -2.24. The van der Waals surface area contributed by atoms with Gasteiger partial charge in [-0.3, -0.25) is 4.79 Å². The van der Waals surface area contributed by atoms with Crippen LogP contribution in [0.4, 0.5) is 0 Å². The van der Waals surface area contributed by atoms with Gasteiger partial charge in [0.2, 0.25) is 4.96 Å². The van der Waals surface area contributed by atoms with E-state index in [1.807, 2.05) is 42.5 Å². The van der Waals surface area contributed by atoms with Gasteiger partial charge in [0, 0.05) is 16.7 Å². The van der Waals surface area contributed by atoms with E-state index in [1.54, 1.807) is 0 Å². The van der Waals surface area contributed by atoms with Crippen LogP contribution in [0, 0.1) is 0 Å². The zero-order chi connectivity index (χ0) is 27.0. The fraction of sp³-hybridized carbons (Fsp3) is 0.433. The quantitative estimate of drug-likeness (QED) is 0.293. The number of phenolic OH excluding ortho intramolecular Hbond substituents is 1. The van der Waals surface area contributed by atoms with Crippen LogP contribution in [0.25, 0.3) is 22.4 Å². The fourth-order valence-corrected chi connectivity index (χ4v) is 5.14. The van der Waals surface area contributed by atoms with Crippen LogP contribution in [0.3, 0.4) is 0 Å². The Bertz CT molecular complexity index is 1470. The monoisotopic (exact) mass is 519 g/mol. The van der Waals surface area contributed by atoms with E-state index in [9.17, 15) is 9.90 Å². The van der Waals surface area contributed by atoms with Crippen LogP contribution in [-0.2, 0) is 10.8 Å². The molecule has 4 rings (SSSR count). The summed E-state index contributed by atoms with van der Waals surface area (Å²) in [6, 6.07) is 11.6. The summed E-state index contributed by atoms with van der Waals surface area (Å²) in [7, 11) is 0. The molecule has 6 nitrogen and oxygen atoms in total. The largest absolute Gasteiger partial charge is 0.507 e. The van der Waals surface area contributed by atoms with Crippen molar-refractivity contribution in [3.8, 4) is 22.9 Å². The van der Waals surface area contributed by atoms with Crippen LogP contribution in [0.1, 0.15) is 84.4 Å². The van der Waals surface area contributed by atoms with Gasteiger partial charge in [0.05, 0.1) is 11.1 Å². The second-order valence-electron chi connectivity index (χ2n) is 11.6. The van der Waals surface area contributed by atoms with E-state index in [0.29, 0.717) is 27.7 Å². The summed E-state index contributed by atoms with van der Waals surface area (Å²) < 4.78 is 7.72. The Morgan fingerprint density at radius 1 is 1.00 bits per heavy atom. The van der Waals surface area contributed by atoms with E-state index in [1.165, 1.54) is 15.9 Å². The molecule has 4 aromatic rings. The smallest absolute Gasteiger partial charge is 0.291 e. The van der Waals surface area contributed by atoms with Crippen molar-refractivity contribution in [2.45, 2.75) is 78.6 Å². The number of fused-ring (bicyclic) bond motifs is 1. The van der Waals surface area contributed by atoms with E-state index in [-0.39, 0.29) is 16.4 Å². The first-order valence-electron chi connectivity index (χ1n) is 12.9. The molecule has 2 aromatic carbocycles. The van der Waals surface area contributed by atoms with Crippen molar-refractivity contribution in [2.75, 3.05) is 6.61 Å². The molecule has 0 aliphatic heterocycles. The third-order valence-electron chi connectivity index (χ3n) is 6.36. The molecule has 2 heterocycles. The molecule has 0 saturated carbocycles. The second-order valence-corrected chi connectivity index (χ2v) is 12.6. The topological polar surface area (TPSA) is 76.7 Å². The van der Waals surface area contributed by atoms with Crippen LogP contribution >= 0.6 is 11.3 Å². The molecule has 0 radical (unpaired) electrons. The van der Waals surface area contributed by atoms with Crippen molar-refractivity contribution in [1.29, 1.82) is 0 Å². The van der Waals surface area contributed by atoms with Crippen LogP contribution in [0.5, 0.6) is 11.5 Å². The normalized spacial score (nSPS) is 13.0. The summed E-state index contributed by atoms with van der Waals surface area (Å²) >= 11 is 1.32. The molecule has 0 spiro atoms. The number of phenols is 1. The predicted molar refractivity (Wildman–Crippen MR) is 152 cm³/mol. The predicted octanol–water partition coefficient (Wildman–Crippen LogP) is 6.24. The number of aromatic hydroxyl groups is 1. The molecule has 0 aliphatic carbocycles. The number of unbranched alkanes of at least 4 members (excludes halogenated alkanes) is 2. The highest BCUT2D eigenvalue weighted by Crippen LogP contribution is 2.39. The molecule has 7 heteroatoms. The maximum atomic E-state index is 13.2. The minimum Gasteiger partial charge on any atom is -0.507 e. The molecule has 2 aromatic heterocycles. The molecule has 37 heavy (non-hydrogen) atoms. The third-order valence-corrected chi connectivity index (χ3v) is 7.32. The Kier molecular flexibility index (Phi) is 7.47. The Balaban J connectivity index is 1.67. The molecular weight excluding hydrogens is 482 g/mol. The molecule has 1 N–H and O–H groups in total. The maximum absolute atomic E-state index is 13.2. The first-order valence-corrected chi connectivity index (χ1v) is 13.7. The highest BCUT2D eigenvalue weighted by atomic mass is 32.1. The van der Waals surface area contributed by atoms with Crippen molar-refractivity contribution < 1.29 is 9.84 Å². The highest BCUT2D eigenvalue weighted by Gasteiger charge is 2.26. The van der Waals surface area contributed by atoms with Gasteiger partial charge in [-0.1, -0.05) is 72.6 Å². The van der Waals surface area contributed by atoms with E-state index in [4.69, 9.17) is 4.74 Å². The van der Waals surface area contributed by atoms with Crippen LogP contribution in [0.2, 0.25) is 0 Å².